The maximum absolute atomic E-state index is 13.5. The van der Waals surface area contributed by atoms with E-state index in [9.17, 15) is 8.78 Å². The van der Waals surface area contributed by atoms with Gasteiger partial charge in [0.25, 0.3) is 0 Å². The summed E-state index contributed by atoms with van der Waals surface area (Å²) in [5, 5.41) is 0. The summed E-state index contributed by atoms with van der Waals surface area (Å²) >= 11 is 0. The van der Waals surface area contributed by atoms with E-state index in [4.69, 9.17) is 5.73 Å². The number of nitrogens with two attached hydrogens (primary N) is 1. The third-order valence-corrected chi connectivity index (χ3v) is 3.26. The molecule has 0 saturated heterocycles. The molecule has 0 aliphatic carbocycles. The molecule has 0 fully saturated rings. The molecular weight excluding hydrogens is 244 g/mol. The van der Waals surface area contributed by atoms with Gasteiger partial charge >= 0.3 is 0 Å². The Labute approximate surface area is 112 Å². The molecule has 0 radical (unpaired) electrons. The Morgan fingerprint density at radius 1 is 0.947 bits per heavy atom. The number of hydrogen-bond acceptors (Lipinski definition) is 1. The number of aryl methyl sites for hydroxylation is 1. The van der Waals surface area contributed by atoms with Gasteiger partial charge < -0.3 is 5.73 Å². The van der Waals surface area contributed by atoms with Gasteiger partial charge in [-0.1, -0.05) is 36.4 Å². The standard InChI is InChI=1S/C16H17F2N/c1-11-5-2-3-6-12(11)9-14(19)10-13-7-4-8-15(17)16(13)18/h2-8,14H,9-10,19H2,1H3. The highest BCUT2D eigenvalue weighted by Crippen LogP contribution is 2.15. The molecule has 2 aromatic rings. The molecular formula is C16H17F2N. The zero-order valence-corrected chi connectivity index (χ0v) is 10.9. The molecule has 2 N–H and O–H groups in total. The minimum atomic E-state index is -0.819. The lowest BCUT2D eigenvalue weighted by atomic mass is 9.97. The Balaban J connectivity index is 2.08. The maximum atomic E-state index is 13.5. The molecule has 19 heavy (non-hydrogen) atoms. The molecule has 2 rings (SSSR count). The molecule has 0 spiro atoms. The van der Waals surface area contributed by atoms with Crippen molar-refractivity contribution in [3.63, 3.8) is 0 Å². The van der Waals surface area contributed by atoms with E-state index in [1.165, 1.54) is 6.07 Å². The molecule has 1 nitrogen and oxygen atoms in total. The van der Waals surface area contributed by atoms with Gasteiger partial charge in [0, 0.05) is 6.04 Å². The first-order valence-electron chi connectivity index (χ1n) is 6.31. The normalized spacial score (nSPS) is 12.4. The summed E-state index contributed by atoms with van der Waals surface area (Å²) in [7, 11) is 0. The Hall–Kier alpha value is -1.74. The van der Waals surface area contributed by atoms with Crippen LogP contribution in [0.5, 0.6) is 0 Å². The first kappa shape index (κ1) is 13.7. The molecule has 100 valence electrons. The zero-order chi connectivity index (χ0) is 13.8. The van der Waals surface area contributed by atoms with Gasteiger partial charge in [-0.3, -0.25) is 0 Å². The second kappa shape index (κ2) is 5.93. The van der Waals surface area contributed by atoms with Crippen molar-refractivity contribution in [3.05, 3.63) is 70.8 Å². The Morgan fingerprint density at radius 3 is 2.32 bits per heavy atom. The fourth-order valence-corrected chi connectivity index (χ4v) is 2.18. The van der Waals surface area contributed by atoms with E-state index < -0.39 is 11.6 Å². The smallest absolute Gasteiger partial charge is 0.162 e. The van der Waals surface area contributed by atoms with E-state index in [-0.39, 0.29) is 6.04 Å². The van der Waals surface area contributed by atoms with Crippen molar-refractivity contribution in [2.45, 2.75) is 25.8 Å². The van der Waals surface area contributed by atoms with Crippen LogP contribution >= 0.6 is 0 Å². The molecule has 3 heteroatoms. The van der Waals surface area contributed by atoms with Gasteiger partial charge in [0.05, 0.1) is 0 Å². The van der Waals surface area contributed by atoms with Crippen molar-refractivity contribution >= 4 is 0 Å². The first-order valence-corrected chi connectivity index (χ1v) is 6.31. The molecule has 0 bridgehead atoms. The van der Waals surface area contributed by atoms with Gasteiger partial charge in [0.2, 0.25) is 0 Å². The van der Waals surface area contributed by atoms with Crippen LogP contribution in [0.2, 0.25) is 0 Å². The number of halogens is 2. The van der Waals surface area contributed by atoms with Gasteiger partial charge in [-0.15, -0.1) is 0 Å². The van der Waals surface area contributed by atoms with Crippen LogP contribution in [0.3, 0.4) is 0 Å². The summed E-state index contributed by atoms with van der Waals surface area (Å²) in [4.78, 5) is 0. The molecule has 0 aromatic heterocycles. The minimum absolute atomic E-state index is 0.225. The van der Waals surface area contributed by atoms with Crippen LogP contribution in [0.1, 0.15) is 16.7 Å². The topological polar surface area (TPSA) is 26.0 Å². The van der Waals surface area contributed by atoms with Crippen LogP contribution in [-0.4, -0.2) is 6.04 Å². The van der Waals surface area contributed by atoms with Gasteiger partial charge in [0.1, 0.15) is 0 Å². The SMILES string of the molecule is Cc1ccccc1CC(N)Cc1cccc(F)c1F. The van der Waals surface area contributed by atoms with Crippen LogP contribution in [0.4, 0.5) is 8.78 Å². The van der Waals surface area contributed by atoms with E-state index in [1.807, 2.05) is 31.2 Å². The van der Waals surface area contributed by atoms with Gasteiger partial charge in [-0.25, -0.2) is 8.78 Å². The highest BCUT2D eigenvalue weighted by molar-refractivity contribution is 5.27. The number of benzene rings is 2. The van der Waals surface area contributed by atoms with Crippen molar-refractivity contribution in [2.75, 3.05) is 0 Å². The molecule has 0 aliphatic heterocycles. The third-order valence-electron chi connectivity index (χ3n) is 3.26. The van der Waals surface area contributed by atoms with Crippen molar-refractivity contribution in [1.29, 1.82) is 0 Å². The molecule has 0 saturated carbocycles. The summed E-state index contributed by atoms with van der Waals surface area (Å²) in [6.07, 6.45) is 0.987. The average molecular weight is 261 g/mol. The van der Waals surface area contributed by atoms with Gasteiger partial charge in [-0.2, -0.15) is 0 Å². The Morgan fingerprint density at radius 2 is 1.58 bits per heavy atom. The molecule has 0 amide bonds. The van der Waals surface area contributed by atoms with Crippen LogP contribution in [0, 0.1) is 18.6 Å². The molecule has 1 unspecified atom stereocenters. The predicted octanol–water partition coefficient (Wildman–Crippen LogP) is 3.39. The number of hydrogen-bond donors (Lipinski definition) is 1. The fourth-order valence-electron chi connectivity index (χ4n) is 2.18. The maximum Gasteiger partial charge on any atom is 0.162 e. The van der Waals surface area contributed by atoms with Crippen molar-refractivity contribution in [1.82, 2.24) is 0 Å². The largest absolute Gasteiger partial charge is 0.327 e. The average Bonchev–Trinajstić information content (AvgIpc) is 2.38. The van der Waals surface area contributed by atoms with Crippen LogP contribution in [-0.2, 0) is 12.8 Å². The lowest BCUT2D eigenvalue weighted by molar-refractivity contribution is 0.492. The van der Waals surface area contributed by atoms with E-state index >= 15 is 0 Å². The van der Waals surface area contributed by atoms with Crippen molar-refractivity contribution in [2.24, 2.45) is 5.73 Å². The highest BCUT2D eigenvalue weighted by atomic mass is 19.2. The Bertz CT molecular complexity index is 566. The van der Waals surface area contributed by atoms with Gasteiger partial charge in [0.15, 0.2) is 11.6 Å². The second-order valence-corrected chi connectivity index (χ2v) is 4.81. The zero-order valence-electron chi connectivity index (χ0n) is 10.9. The second-order valence-electron chi connectivity index (χ2n) is 4.81. The molecule has 1 atom stereocenters. The fraction of sp³-hybridized carbons (Fsp3) is 0.250. The van der Waals surface area contributed by atoms with E-state index in [0.717, 1.165) is 17.2 Å². The molecule has 0 heterocycles. The minimum Gasteiger partial charge on any atom is -0.327 e. The summed E-state index contributed by atoms with van der Waals surface area (Å²) in [6, 6.07) is 11.9. The highest BCUT2D eigenvalue weighted by Gasteiger charge is 2.12. The lowest BCUT2D eigenvalue weighted by Crippen LogP contribution is -2.26. The van der Waals surface area contributed by atoms with E-state index in [1.54, 1.807) is 6.07 Å². The van der Waals surface area contributed by atoms with E-state index in [0.29, 0.717) is 18.4 Å². The summed E-state index contributed by atoms with van der Waals surface area (Å²) in [6.45, 7) is 2.02. The molecule has 2 aromatic carbocycles. The third kappa shape index (κ3) is 3.38. The summed E-state index contributed by atoms with van der Waals surface area (Å²) in [5.41, 5.74) is 8.68. The van der Waals surface area contributed by atoms with Crippen LogP contribution < -0.4 is 5.73 Å². The van der Waals surface area contributed by atoms with Crippen molar-refractivity contribution in [3.8, 4) is 0 Å². The number of rotatable bonds is 4. The lowest BCUT2D eigenvalue weighted by Gasteiger charge is -2.14. The molecule has 0 aliphatic rings. The first-order chi connectivity index (χ1) is 9.08. The van der Waals surface area contributed by atoms with Crippen molar-refractivity contribution < 1.29 is 8.78 Å². The quantitative estimate of drug-likeness (QED) is 0.897. The van der Waals surface area contributed by atoms with Gasteiger partial charge in [-0.05, 0) is 42.5 Å². The van der Waals surface area contributed by atoms with Crippen LogP contribution in [0.15, 0.2) is 42.5 Å². The summed E-state index contributed by atoms with van der Waals surface area (Å²) in [5.74, 6) is -1.61. The summed E-state index contributed by atoms with van der Waals surface area (Å²) < 4.78 is 26.7. The van der Waals surface area contributed by atoms with E-state index in [2.05, 4.69) is 0 Å². The predicted molar refractivity (Wildman–Crippen MR) is 72.9 cm³/mol. The monoisotopic (exact) mass is 261 g/mol. The van der Waals surface area contributed by atoms with Crippen LogP contribution in [0.25, 0.3) is 0 Å². The Kier molecular flexibility index (Phi) is 4.27.